The maximum atomic E-state index is 7.50. The molecule has 0 amide bonds. The molecule has 0 spiro atoms. The summed E-state index contributed by atoms with van der Waals surface area (Å²) in [5, 5.41) is 8.57. The van der Waals surface area contributed by atoms with Crippen LogP contribution in [0.2, 0.25) is 10.0 Å². The van der Waals surface area contributed by atoms with Crippen molar-refractivity contribution in [3.8, 4) is 0 Å². The quantitative estimate of drug-likeness (QED) is 0.799. The normalized spacial score (nSPS) is 20.2. The molecule has 1 N–H and O–H groups in total. The van der Waals surface area contributed by atoms with E-state index in [2.05, 4.69) is 0 Å². The Bertz CT molecular complexity index is 478. The van der Waals surface area contributed by atoms with E-state index >= 15 is 0 Å². The minimum atomic E-state index is -0.440. The first-order chi connectivity index (χ1) is 7.50. The van der Waals surface area contributed by atoms with Gasteiger partial charge in [-0.25, -0.2) is 0 Å². The van der Waals surface area contributed by atoms with Crippen LogP contribution in [0.1, 0.15) is 11.8 Å². The molecule has 6 heteroatoms. The zero-order valence-corrected chi connectivity index (χ0v) is 10.7. The fourth-order valence-electron chi connectivity index (χ4n) is 1.48. The topological polar surface area (TPSA) is 36.3 Å². The zero-order valence-electron chi connectivity index (χ0n) is 8.33. The standard InChI is InChI=1S/C10H8Cl2N2OS/c1-14-9(15-8(13)10(14)16)6-3-2-5(11)4-7(6)12/h2-4,9,13H,1H3. The summed E-state index contributed by atoms with van der Waals surface area (Å²) in [6.45, 7) is 0. The Hall–Kier alpha value is -0.840. The van der Waals surface area contributed by atoms with Gasteiger partial charge in [-0.2, -0.15) is 0 Å². The first-order valence-electron chi connectivity index (χ1n) is 4.48. The molecule has 0 saturated carbocycles. The number of thiocarbonyl (C=S) groups is 1. The zero-order chi connectivity index (χ0) is 11.9. The van der Waals surface area contributed by atoms with Gasteiger partial charge >= 0.3 is 0 Å². The third kappa shape index (κ3) is 1.88. The Morgan fingerprint density at radius 1 is 1.44 bits per heavy atom. The van der Waals surface area contributed by atoms with Gasteiger partial charge in [-0.05, 0) is 12.1 Å². The lowest BCUT2D eigenvalue weighted by Gasteiger charge is -2.19. The number of nitrogens with one attached hydrogen (secondary N) is 1. The van der Waals surface area contributed by atoms with Gasteiger partial charge in [-0.1, -0.05) is 41.5 Å². The van der Waals surface area contributed by atoms with Crippen molar-refractivity contribution in [3.05, 3.63) is 33.8 Å². The molecule has 1 aromatic rings. The van der Waals surface area contributed by atoms with Crippen LogP contribution < -0.4 is 0 Å². The van der Waals surface area contributed by atoms with Crippen molar-refractivity contribution < 1.29 is 4.74 Å². The third-order valence-electron chi connectivity index (χ3n) is 2.32. The molecule has 0 radical (unpaired) electrons. The SMILES string of the molecule is CN1C(=S)C(=N)OC1c1ccc(Cl)cc1Cl. The summed E-state index contributed by atoms with van der Waals surface area (Å²) in [5.41, 5.74) is 0.748. The molecular formula is C10H8Cl2N2OS. The number of hydrogen-bond donors (Lipinski definition) is 1. The predicted molar refractivity (Wildman–Crippen MR) is 68.4 cm³/mol. The molecule has 0 aromatic heterocycles. The molecule has 3 nitrogen and oxygen atoms in total. The summed E-state index contributed by atoms with van der Waals surface area (Å²) >= 11 is 16.9. The Morgan fingerprint density at radius 3 is 2.62 bits per heavy atom. The van der Waals surface area contributed by atoms with E-state index in [1.54, 1.807) is 30.1 Å². The number of likely N-dealkylation sites (N-methyl/N-ethyl adjacent to an activating group) is 1. The van der Waals surface area contributed by atoms with Gasteiger partial charge in [0.25, 0.3) is 0 Å². The fourth-order valence-corrected chi connectivity index (χ4v) is 2.13. The molecule has 1 aromatic carbocycles. The van der Waals surface area contributed by atoms with E-state index in [0.717, 1.165) is 5.56 Å². The lowest BCUT2D eigenvalue weighted by molar-refractivity contribution is 0.116. The Kier molecular flexibility index (Phi) is 3.06. The summed E-state index contributed by atoms with van der Waals surface area (Å²) in [4.78, 5) is 2.06. The second-order valence-corrected chi connectivity index (χ2v) is 4.61. The first kappa shape index (κ1) is 11.6. The average Bonchev–Trinajstić information content (AvgIpc) is 2.46. The Labute approximate surface area is 108 Å². The minimum absolute atomic E-state index is 0.00600. The van der Waals surface area contributed by atoms with Crippen LogP contribution in [-0.2, 0) is 4.74 Å². The molecule has 0 bridgehead atoms. The number of rotatable bonds is 1. The summed E-state index contributed by atoms with van der Waals surface area (Å²) in [6, 6.07) is 5.14. The van der Waals surface area contributed by atoms with E-state index in [9.17, 15) is 0 Å². The van der Waals surface area contributed by atoms with Crippen molar-refractivity contribution in [1.29, 1.82) is 5.41 Å². The Morgan fingerprint density at radius 2 is 2.12 bits per heavy atom. The lowest BCUT2D eigenvalue weighted by atomic mass is 10.2. The highest BCUT2D eigenvalue weighted by Crippen LogP contribution is 2.33. The predicted octanol–water partition coefficient (Wildman–Crippen LogP) is 3.26. The highest BCUT2D eigenvalue weighted by Gasteiger charge is 2.33. The van der Waals surface area contributed by atoms with Crippen LogP contribution in [0.5, 0.6) is 0 Å². The first-order valence-corrected chi connectivity index (χ1v) is 5.64. The van der Waals surface area contributed by atoms with Gasteiger partial charge in [0, 0.05) is 17.6 Å². The molecular weight excluding hydrogens is 267 g/mol. The van der Waals surface area contributed by atoms with Crippen LogP contribution in [0, 0.1) is 5.41 Å². The van der Waals surface area contributed by atoms with E-state index < -0.39 is 6.23 Å². The van der Waals surface area contributed by atoms with Crippen LogP contribution in [0.3, 0.4) is 0 Å². The number of hydrogen-bond acceptors (Lipinski definition) is 3. The van der Waals surface area contributed by atoms with E-state index in [-0.39, 0.29) is 5.90 Å². The third-order valence-corrected chi connectivity index (χ3v) is 3.36. The second kappa shape index (κ2) is 4.20. The van der Waals surface area contributed by atoms with Gasteiger partial charge < -0.3 is 9.64 Å². The van der Waals surface area contributed by atoms with E-state index in [1.807, 2.05) is 0 Å². The maximum Gasteiger partial charge on any atom is 0.244 e. The molecule has 1 aliphatic heterocycles. The van der Waals surface area contributed by atoms with Crippen LogP contribution >= 0.6 is 35.4 Å². The summed E-state index contributed by atoms with van der Waals surface area (Å²) in [6.07, 6.45) is -0.440. The van der Waals surface area contributed by atoms with Crippen LogP contribution in [0.25, 0.3) is 0 Å². The van der Waals surface area contributed by atoms with E-state index in [1.165, 1.54) is 0 Å². The van der Waals surface area contributed by atoms with Crippen LogP contribution in [0.4, 0.5) is 0 Å². The van der Waals surface area contributed by atoms with Crippen molar-refractivity contribution in [3.63, 3.8) is 0 Å². The van der Waals surface area contributed by atoms with Gasteiger partial charge in [0.1, 0.15) is 0 Å². The molecule has 16 heavy (non-hydrogen) atoms. The maximum absolute atomic E-state index is 7.50. The van der Waals surface area contributed by atoms with Crippen molar-refractivity contribution in [2.75, 3.05) is 7.05 Å². The minimum Gasteiger partial charge on any atom is -0.447 e. The van der Waals surface area contributed by atoms with Crippen molar-refractivity contribution >= 4 is 46.3 Å². The van der Waals surface area contributed by atoms with Crippen LogP contribution in [-0.4, -0.2) is 22.8 Å². The lowest BCUT2D eigenvalue weighted by Crippen LogP contribution is -2.23. The largest absolute Gasteiger partial charge is 0.447 e. The second-order valence-electron chi connectivity index (χ2n) is 3.38. The molecule has 1 saturated heterocycles. The van der Waals surface area contributed by atoms with Crippen molar-refractivity contribution in [2.24, 2.45) is 0 Å². The molecule has 2 rings (SSSR count). The molecule has 1 aliphatic rings. The molecule has 0 aliphatic carbocycles. The van der Waals surface area contributed by atoms with Crippen LogP contribution in [0.15, 0.2) is 18.2 Å². The van der Waals surface area contributed by atoms with Gasteiger partial charge in [-0.3, -0.25) is 5.41 Å². The van der Waals surface area contributed by atoms with Gasteiger partial charge in [0.05, 0.1) is 5.02 Å². The summed E-state index contributed by atoms with van der Waals surface area (Å²) in [5.74, 6) is -0.00600. The number of benzene rings is 1. The fraction of sp³-hybridized carbons (Fsp3) is 0.200. The molecule has 1 fully saturated rings. The molecule has 1 atom stereocenters. The number of ether oxygens (including phenoxy) is 1. The highest BCUT2D eigenvalue weighted by molar-refractivity contribution is 7.82. The monoisotopic (exact) mass is 274 g/mol. The molecule has 1 heterocycles. The van der Waals surface area contributed by atoms with Gasteiger partial charge in [0.15, 0.2) is 4.99 Å². The average molecular weight is 275 g/mol. The smallest absolute Gasteiger partial charge is 0.244 e. The molecule has 84 valence electrons. The summed E-state index contributed by atoms with van der Waals surface area (Å²) < 4.78 is 5.33. The number of nitrogens with zero attached hydrogens (tertiary/aromatic N) is 1. The number of halogens is 2. The van der Waals surface area contributed by atoms with Gasteiger partial charge in [0.2, 0.25) is 12.1 Å². The Balaban J connectivity index is 2.39. The van der Waals surface area contributed by atoms with Crippen molar-refractivity contribution in [1.82, 2.24) is 4.90 Å². The molecule has 1 unspecified atom stereocenters. The van der Waals surface area contributed by atoms with Gasteiger partial charge in [-0.15, -0.1) is 0 Å². The van der Waals surface area contributed by atoms with Crippen molar-refractivity contribution in [2.45, 2.75) is 6.23 Å². The summed E-state index contributed by atoms with van der Waals surface area (Å²) in [7, 11) is 1.76. The van der Waals surface area contributed by atoms with E-state index in [4.69, 9.17) is 45.6 Å². The van der Waals surface area contributed by atoms with E-state index in [0.29, 0.717) is 15.0 Å². The highest BCUT2D eigenvalue weighted by atomic mass is 35.5.